The molecule has 1 aliphatic heterocycles. The van der Waals surface area contributed by atoms with Crippen LogP contribution >= 0.6 is 23.2 Å². The average Bonchev–Trinajstić information content (AvgIpc) is 2.72. The van der Waals surface area contributed by atoms with E-state index in [9.17, 15) is 14.7 Å². The first-order chi connectivity index (χ1) is 13.9. The van der Waals surface area contributed by atoms with E-state index in [-0.39, 0.29) is 29.5 Å². The van der Waals surface area contributed by atoms with E-state index >= 15 is 0 Å². The van der Waals surface area contributed by atoms with Crippen molar-refractivity contribution in [3.8, 4) is 5.75 Å². The van der Waals surface area contributed by atoms with Gasteiger partial charge in [-0.25, -0.2) is 0 Å². The number of benzene rings is 2. The minimum atomic E-state index is -0.385. The van der Waals surface area contributed by atoms with Crippen molar-refractivity contribution in [1.29, 1.82) is 0 Å². The Kier molecular flexibility index (Phi) is 7.00. The lowest BCUT2D eigenvalue weighted by molar-refractivity contribution is -0.123. The molecule has 2 aromatic carbocycles. The van der Waals surface area contributed by atoms with Crippen molar-refractivity contribution in [3.63, 3.8) is 0 Å². The Morgan fingerprint density at radius 1 is 1.03 bits per heavy atom. The van der Waals surface area contributed by atoms with Crippen LogP contribution in [0, 0.1) is 5.92 Å². The first-order valence-electron chi connectivity index (χ1n) is 9.44. The van der Waals surface area contributed by atoms with E-state index in [0.29, 0.717) is 47.4 Å². The van der Waals surface area contributed by atoms with Crippen molar-refractivity contribution in [3.05, 3.63) is 52.5 Å². The van der Waals surface area contributed by atoms with Gasteiger partial charge in [-0.15, -0.1) is 0 Å². The fraction of sp³-hybridized carbons (Fsp3) is 0.333. The van der Waals surface area contributed by atoms with Crippen LogP contribution in [-0.2, 0) is 9.59 Å². The van der Waals surface area contributed by atoms with Gasteiger partial charge in [0, 0.05) is 5.92 Å². The number of phenolic OH excluding ortho intramolecular Hbond substituents is 1. The lowest BCUT2D eigenvalue weighted by atomic mass is 9.94. The van der Waals surface area contributed by atoms with Gasteiger partial charge in [0.05, 0.1) is 27.5 Å². The number of rotatable bonds is 5. The third kappa shape index (κ3) is 5.21. The molecule has 1 atom stereocenters. The Morgan fingerprint density at radius 3 is 2.28 bits per heavy atom. The molecule has 0 saturated carbocycles. The molecule has 3 N–H and O–H groups in total. The Morgan fingerprint density at radius 2 is 1.66 bits per heavy atom. The molecular formula is C21H23Cl2N3O3. The first-order valence-corrected chi connectivity index (χ1v) is 10.2. The number of likely N-dealkylation sites (tertiary alicyclic amines) is 1. The lowest BCUT2D eigenvalue weighted by Gasteiger charge is -2.34. The maximum absolute atomic E-state index is 12.6. The van der Waals surface area contributed by atoms with Crippen LogP contribution in [0.4, 0.5) is 11.4 Å². The summed E-state index contributed by atoms with van der Waals surface area (Å²) in [5.74, 6) is -0.441. The third-order valence-corrected chi connectivity index (χ3v) is 5.83. The number of hydrogen-bond donors (Lipinski definition) is 3. The van der Waals surface area contributed by atoms with Crippen LogP contribution in [0.3, 0.4) is 0 Å². The molecule has 0 bridgehead atoms. The molecule has 1 aliphatic rings. The Bertz CT molecular complexity index is 878. The number of nitrogens with zero attached hydrogens (tertiary/aromatic N) is 1. The summed E-state index contributed by atoms with van der Waals surface area (Å²) >= 11 is 12.2. The minimum Gasteiger partial charge on any atom is -0.506 e. The third-order valence-electron chi connectivity index (χ3n) is 5.20. The number of carbonyl (C=O) groups excluding carboxylic acids is 2. The van der Waals surface area contributed by atoms with Crippen molar-refractivity contribution >= 4 is 46.4 Å². The van der Waals surface area contributed by atoms with E-state index < -0.39 is 0 Å². The number of phenols is 1. The van der Waals surface area contributed by atoms with E-state index in [4.69, 9.17) is 23.2 Å². The molecule has 29 heavy (non-hydrogen) atoms. The fourth-order valence-electron chi connectivity index (χ4n) is 3.37. The van der Waals surface area contributed by atoms with E-state index in [2.05, 4.69) is 10.6 Å². The second kappa shape index (κ2) is 9.48. The highest BCUT2D eigenvalue weighted by Gasteiger charge is 2.30. The minimum absolute atomic E-state index is 0.0433. The zero-order chi connectivity index (χ0) is 21.0. The standard InChI is InChI=1S/C21H23Cl2N3O3/c1-13(20(28)25-19-15(22)5-4-6-16(19)23)26-11-9-14(10-12-26)21(29)24-17-7-2-3-8-18(17)27/h2-8,13-14,27H,9-12H2,1H3,(H,24,29)(H,25,28)/t13-/m1/s1. The van der Waals surface area contributed by atoms with Crippen LogP contribution in [0.2, 0.25) is 10.0 Å². The molecular weight excluding hydrogens is 413 g/mol. The van der Waals surface area contributed by atoms with Crippen LogP contribution in [0.25, 0.3) is 0 Å². The monoisotopic (exact) mass is 435 g/mol. The number of hydrogen-bond acceptors (Lipinski definition) is 4. The van der Waals surface area contributed by atoms with Crippen molar-refractivity contribution in [1.82, 2.24) is 4.90 Å². The molecule has 8 heteroatoms. The highest BCUT2D eigenvalue weighted by Crippen LogP contribution is 2.30. The zero-order valence-electron chi connectivity index (χ0n) is 16.0. The Hall–Kier alpha value is -2.28. The second-order valence-electron chi connectivity index (χ2n) is 7.08. The van der Waals surface area contributed by atoms with Gasteiger partial charge >= 0.3 is 0 Å². The highest BCUT2D eigenvalue weighted by atomic mass is 35.5. The van der Waals surface area contributed by atoms with Gasteiger partial charge in [-0.2, -0.15) is 0 Å². The van der Waals surface area contributed by atoms with Crippen molar-refractivity contribution in [2.75, 3.05) is 23.7 Å². The van der Waals surface area contributed by atoms with E-state index in [1.165, 1.54) is 6.07 Å². The molecule has 1 heterocycles. The number of nitrogens with one attached hydrogen (secondary N) is 2. The normalized spacial score (nSPS) is 16.2. The number of anilines is 2. The number of carbonyl (C=O) groups is 2. The molecule has 2 aromatic rings. The molecule has 0 aromatic heterocycles. The maximum atomic E-state index is 12.6. The SMILES string of the molecule is C[C@H](C(=O)Nc1c(Cl)cccc1Cl)N1CCC(C(=O)Nc2ccccc2O)CC1. The zero-order valence-corrected chi connectivity index (χ0v) is 17.5. The van der Waals surface area contributed by atoms with Crippen LogP contribution in [0.15, 0.2) is 42.5 Å². The first kappa shape index (κ1) is 21.4. The topological polar surface area (TPSA) is 81.7 Å². The number of halogens is 2. The summed E-state index contributed by atoms with van der Waals surface area (Å²) in [6, 6.07) is 11.3. The van der Waals surface area contributed by atoms with Gasteiger partial charge in [0.15, 0.2) is 0 Å². The fourth-order valence-corrected chi connectivity index (χ4v) is 3.87. The van der Waals surface area contributed by atoms with Gasteiger partial charge in [0.25, 0.3) is 0 Å². The molecule has 154 valence electrons. The summed E-state index contributed by atoms with van der Waals surface area (Å²) in [5.41, 5.74) is 0.814. The van der Waals surface area contributed by atoms with Gasteiger partial charge in [-0.05, 0) is 57.1 Å². The van der Waals surface area contributed by atoms with Crippen LogP contribution in [0.5, 0.6) is 5.75 Å². The number of aromatic hydroxyl groups is 1. The summed E-state index contributed by atoms with van der Waals surface area (Å²) in [7, 11) is 0. The van der Waals surface area contributed by atoms with Gasteiger partial charge in [-0.1, -0.05) is 41.4 Å². The summed E-state index contributed by atoms with van der Waals surface area (Å²) in [6.45, 7) is 3.05. The molecule has 1 fully saturated rings. The van der Waals surface area contributed by atoms with Gasteiger partial charge in [-0.3, -0.25) is 14.5 Å². The summed E-state index contributed by atoms with van der Waals surface area (Å²) in [6.07, 6.45) is 1.26. The van der Waals surface area contributed by atoms with Crippen molar-refractivity contribution < 1.29 is 14.7 Å². The molecule has 2 amide bonds. The number of para-hydroxylation sites is 3. The largest absolute Gasteiger partial charge is 0.506 e. The summed E-state index contributed by atoms with van der Waals surface area (Å²) in [4.78, 5) is 27.2. The molecule has 3 rings (SSSR count). The van der Waals surface area contributed by atoms with Gasteiger partial charge in [0.2, 0.25) is 11.8 Å². The Labute approximate surface area is 179 Å². The van der Waals surface area contributed by atoms with Crippen molar-refractivity contribution in [2.45, 2.75) is 25.8 Å². The smallest absolute Gasteiger partial charge is 0.241 e. The molecule has 0 radical (unpaired) electrons. The van der Waals surface area contributed by atoms with Gasteiger partial charge in [0.1, 0.15) is 5.75 Å². The molecule has 0 unspecified atom stereocenters. The Balaban J connectivity index is 1.54. The molecule has 6 nitrogen and oxygen atoms in total. The van der Waals surface area contributed by atoms with Crippen molar-refractivity contribution in [2.24, 2.45) is 5.92 Å². The lowest BCUT2D eigenvalue weighted by Crippen LogP contribution is -2.47. The molecule has 0 spiro atoms. The van der Waals surface area contributed by atoms with E-state index in [1.807, 2.05) is 11.8 Å². The van der Waals surface area contributed by atoms with Gasteiger partial charge < -0.3 is 15.7 Å². The predicted octanol–water partition coefficient (Wildman–Crippen LogP) is 4.38. The molecule has 0 aliphatic carbocycles. The van der Waals surface area contributed by atoms with Crippen LogP contribution < -0.4 is 10.6 Å². The van der Waals surface area contributed by atoms with Crippen LogP contribution in [-0.4, -0.2) is 41.0 Å². The van der Waals surface area contributed by atoms with Crippen LogP contribution in [0.1, 0.15) is 19.8 Å². The number of amides is 2. The number of piperidine rings is 1. The highest BCUT2D eigenvalue weighted by molar-refractivity contribution is 6.39. The second-order valence-corrected chi connectivity index (χ2v) is 7.89. The quantitative estimate of drug-likeness (QED) is 0.608. The van der Waals surface area contributed by atoms with E-state index in [0.717, 1.165) is 0 Å². The average molecular weight is 436 g/mol. The summed E-state index contributed by atoms with van der Waals surface area (Å²) < 4.78 is 0. The summed E-state index contributed by atoms with van der Waals surface area (Å²) in [5, 5.41) is 16.2. The van der Waals surface area contributed by atoms with E-state index in [1.54, 1.807) is 36.4 Å². The predicted molar refractivity (Wildman–Crippen MR) is 116 cm³/mol. The molecule has 1 saturated heterocycles. The maximum Gasteiger partial charge on any atom is 0.241 e.